The Bertz CT molecular complexity index is 435. The average Bonchev–Trinajstić information content (AvgIpc) is 2.27. The zero-order valence-corrected chi connectivity index (χ0v) is 7.85. The quantitative estimate of drug-likeness (QED) is 0.685. The van der Waals surface area contributed by atoms with Crippen LogP contribution in [-0.2, 0) is 4.79 Å². The summed E-state index contributed by atoms with van der Waals surface area (Å²) in [5.41, 5.74) is 0. The number of ether oxygens (including phenoxy) is 3. The fourth-order valence-electron chi connectivity index (χ4n) is 1.14. The number of carbonyl (C=O) groups excluding carboxylic acids is 1. The van der Waals surface area contributed by atoms with E-state index >= 15 is 0 Å². The number of methoxy groups -OCH3 is 1. The molecular weight excluding hydrogens is 200 g/mol. The lowest BCUT2D eigenvalue weighted by atomic mass is 10.3. The molecule has 78 valence electrons. The minimum Gasteiger partial charge on any atom is -0.541 e. The Morgan fingerprint density at radius 2 is 2.20 bits per heavy atom. The maximum Gasteiger partial charge on any atom is 0.185 e. The highest BCUT2D eigenvalue weighted by Crippen LogP contribution is 2.35. The smallest absolute Gasteiger partial charge is 0.185 e. The molecule has 1 heterocycles. The summed E-state index contributed by atoms with van der Waals surface area (Å²) >= 11 is 0. The lowest BCUT2D eigenvalue weighted by molar-refractivity contribution is -0.302. The molecule has 1 aliphatic rings. The van der Waals surface area contributed by atoms with Crippen LogP contribution in [0.1, 0.15) is 0 Å². The van der Waals surface area contributed by atoms with Crippen molar-refractivity contribution in [1.82, 2.24) is 0 Å². The summed E-state index contributed by atoms with van der Waals surface area (Å²) in [7, 11) is 1.52. The Hall–Kier alpha value is -2.17. The number of carbonyl (C=O) groups is 1. The normalized spacial score (nSPS) is 13.0. The summed E-state index contributed by atoms with van der Waals surface area (Å²) in [5.74, 6) is -0.455. The van der Waals surface area contributed by atoms with E-state index in [2.05, 4.69) is 0 Å². The van der Waals surface area contributed by atoms with Crippen molar-refractivity contribution in [2.45, 2.75) is 0 Å². The minimum absolute atomic E-state index is 0.317. The number of fused-ring (bicyclic) bond motifs is 1. The van der Waals surface area contributed by atoms with Crippen LogP contribution in [0.3, 0.4) is 0 Å². The van der Waals surface area contributed by atoms with Crippen molar-refractivity contribution in [2.24, 2.45) is 0 Å². The van der Waals surface area contributed by atoms with E-state index in [1.807, 2.05) is 0 Å². The molecule has 2 rings (SSSR count). The van der Waals surface area contributed by atoms with Crippen LogP contribution >= 0.6 is 0 Å². The van der Waals surface area contributed by atoms with E-state index in [-0.39, 0.29) is 5.76 Å². The van der Waals surface area contributed by atoms with E-state index in [4.69, 9.17) is 14.2 Å². The number of hydrogen-bond acceptors (Lipinski definition) is 5. The Kier molecular flexibility index (Phi) is 2.21. The molecule has 0 saturated heterocycles. The lowest BCUT2D eigenvalue weighted by Crippen LogP contribution is -2.28. The number of carboxylic acids is 1. The van der Waals surface area contributed by atoms with Crippen LogP contribution in [0, 0.1) is 0 Å². The molecule has 0 aliphatic carbocycles. The maximum absolute atomic E-state index is 10.5. The SMILES string of the molecule is COc1ccc2c(c1)OC=C(C(=O)[O-])O2. The van der Waals surface area contributed by atoms with Crippen LogP contribution in [0.25, 0.3) is 0 Å². The van der Waals surface area contributed by atoms with Crippen LogP contribution in [-0.4, -0.2) is 13.1 Å². The van der Waals surface area contributed by atoms with Gasteiger partial charge in [0.15, 0.2) is 17.3 Å². The third-order valence-electron chi connectivity index (χ3n) is 1.86. The van der Waals surface area contributed by atoms with Crippen molar-refractivity contribution in [2.75, 3.05) is 7.11 Å². The molecular formula is C10H7O5-. The van der Waals surface area contributed by atoms with E-state index in [1.165, 1.54) is 7.11 Å². The second kappa shape index (κ2) is 3.53. The predicted molar refractivity (Wildman–Crippen MR) is 47.3 cm³/mol. The van der Waals surface area contributed by atoms with Gasteiger partial charge >= 0.3 is 0 Å². The first-order valence-electron chi connectivity index (χ1n) is 4.15. The van der Waals surface area contributed by atoms with Crippen LogP contribution in [0.15, 0.2) is 30.2 Å². The topological polar surface area (TPSA) is 67.8 Å². The lowest BCUT2D eigenvalue weighted by Gasteiger charge is -2.18. The zero-order chi connectivity index (χ0) is 10.8. The van der Waals surface area contributed by atoms with Crippen molar-refractivity contribution in [3.05, 3.63) is 30.2 Å². The number of rotatable bonds is 2. The van der Waals surface area contributed by atoms with E-state index in [0.29, 0.717) is 17.2 Å². The molecule has 1 aromatic rings. The number of hydrogen-bond donors (Lipinski definition) is 0. The molecule has 0 N–H and O–H groups in total. The van der Waals surface area contributed by atoms with Crippen LogP contribution in [0.4, 0.5) is 0 Å². The molecule has 0 aromatic heterocycles. The highest BCUT2D eigenvalue weighted by molar-refractivity contribution is 5.83. The highest BCUT2D eigenvalue weighted by atomic mass is 16.6. The fourth-order valence-corrected chi connectivity index (χ4v) is 1.14. The number of benzene rings is 1. The summed E-state index contributed by atoms with van der Waals surface area (Å²) < 4.78 is 15.0. The third kappa shape index (κ3) is 1.71. The Morgan fingerprint density at radius 1 is 1.40 bits per heavy atom. The van der Waals surface area contributed by atoms with Gasteiger partial charge in [0.05, 0.1) is 7.11 Å². The Morgan fingerprint density at radius 3 is 2.87 bits per heavy atom. The van der Waals surface area contributed by atoms with Crippen LogP contribution in [0.5, 0.6) is 17.2 Å². The largest absolute Gasteiger partial charge is 0.541 e. The van der Waals surface area contributed by atoms with Gasteiger partial charge in [-0.2, -0.15) is 0 Å². The second-order valence-corrected chi connectivity index (χ2v) is 2.80. The average molecular weight is 207 g/mol. The molecule has 0 radical (unpaired) electrons. The monoisotopic (exact) mass is 207 g/mol. The molecule has 5 nitrogen and oxygen atoms in total. The van der Waals surface area contributed by atoms with Gasteiger partial charge in [0.25, 0.3) is 0 Å². The van der Waals surface area contributed by atoms with Crippen molar-refractivity contribution < 1.29 is 24.1 Å². The van der Waals surface area contributed by atoms with Gasteiger partial charge in [-0.3, -0.25) is 0 Å². The number of carboxylic acid groups (broad SMARTS) is 1. The zero-order valence-electron chi connectivity index (χ0n) is 7.85. The van der Waals surface area contributed by atoms with Gasteiger partial charge in [0.1, 0.15) is 18.0 Å². The van der Waals surface area contributed by atoms with Gasteiger partial charge < -0.3 is 24.1 Å². The van der Waals surface area contributed by atoms with Crippen LogP contribution in [0.2, 0.25) is 0 Å². The summed E-state index contributed by atoms with van der Waals surface area (Å²) in [4.78, 5) is 10.5. The highest BCUT2D eigenvalue weighted by Gasteiger charge is 2.15. The molecule has 0 amide bonds. The first-order chi connectivity index (χ1) is 7.20. The summed E-state index contributed by atoms with van der Waals surface area (Å²) in [6, 6.07) is 4.79. The molecule has 0 atom stereocenters. The Balaban J connectivity index is 2.30. The van der Waals surface area contributed by atoms with Gasteiger partial charge in [-0.05, 0) is 12.1 Å². The summed E-state index contributed by atoms with van der Waals surface area (Å²) in [6.45, 7) is 0. The molecule has 0 fully saturated rings. The van der Waals surface area contributed by atoms with E-state index in [0.717, 1.165) is 6.26 Å². The van der Waals surface area contributed by atoms with Gasteiger partial charge in [-0.25, -0.2) is 0 Å². The Labute approximate surface area is 85.5 Å². The van der Waals surface area contributed by atoms with Gasteiger partial charge in [-0.15, -0.1) is 0 Å². The summed E-state index contributed by atoms with van der Waals surface area (Å²) in [5, 5.41) is 10.5. The molecule has 5 heteroatoms. The van der Waals surface area contributed by atoms with Crippen molar-refractivity contribution >= 4 is 5.97 Å². The summed E-state index contributed by atoms with van der Waals surface area (Å²) in [6.07, 6.45) is 0.983. The van der Waals surface area contributed by atoms with Crippen molar-refractivity contribution in [3.63, 3.8) is 0 Å². The minimum atomic E-state index is -1.42. The fraction of sp³-hybridized carbons (Fsp3) is 0.100. The maximum atomic E-state index is 10.5. The molecule has 1 aromatic carbocycles. The standard InChI is InChI=1S/C10H8O5/c1-13-6-2-3-7-8(4-6)14-5-9(15-7)10(11)12/h2-5H,1H3,(H,11,12)/p-1. The van der Waals surface area contributed by atoms with Crippen molar-refractivity contribution in [1.29, 1.82) is 0 Å². The molecule has 0 saturated carbocycles. The second-order valence-electron chi connectivity index (χ2n) is 2.80. The molecule has 0 spiro atoms. The van der Waals surface area contributed by atoms with E-state index in [9.17, 15) is 9.90 Å². The van der Waals surface area contributed by atoms with E-state index < -0.39 is 5.97 Å². The molecule has 1 aliphatic heterocycles. The van der Waals surface area contributed by atoms with Gasteiger partial charge in [0, 0.05) is 6.07 Å². The van der Waals surface area contributed by atoms with E-state index in [1.54, 1.807) is 18.2 Å². The van der Waals surface area contributed by atoms with Gasteiger partial charge in [-0.1, -0.05) is 0 Å². The van der Waals surface area contributed by atoms with Gasteiger partial charge in [0.2, 0.25) is 0 Å². The first kappa shape index (κ1) is 9.39. The molecule has 0 bridgehead atoms. The van der Waals surface area contributed by atoms with Crippen molar-refractivity contribution in [3.8, 4) is 17.2 Å². The molecule has 0 unspecified atom stereocenters. The number of aliphatic carboxylic acids is 1. The molecule has 15 heavy (non-hydrogen) atoms. The first-order valence-corrected chi connectivity index (χ1v) is 4.15. The van der Waals surface area contributed by atoms with Crippen LogP contribution < -0.4 is 19.3 Å². The predicted octanol–water partition coefficient (Wildman–Crippen LogP) is 0.0577. The third-order valence-corrected chi connectivity index (χ3v) is 1.86.